The molecule has 1 aromatic carbocycles. The Bertz CT molecular complexity index is 521. The fourth-order valence-corrected chi connectivity index (χ4v) is 3.44. The first-order valence-electron chi connectivity index (χ1n) is 10.9. The fourth-order valence-electron chi connectivity index (χ4n) is 3.44. The molecule has 1 amide bonds. The van der Waals surface area contributed by atoms with Crippen LogP contribution in [0.4, 0.5) is 0 Å². The molecule has 148 valence electrons. The predicted octanol–water partition coefficient (Wildman–Crippen LogP) is 6.93. The van der Waals surface area contributed by atoms with Gasteiger partial charge in [-0.05, 0) is 49.4 Å². The zero-order valence-corrected chi connectivity index (χ0v) is 17.8. The van der Waals surface area contributed by atoms with Gasteiger partial charge in [0.15, 0.2) is 0 Å². The minimum atomic E-state index is 0.193. The number of unbranched alkanes of at least 4 members (excludes halogenated alkanes) is 10. The van der Waals surface area contributed by atoms with Crippen LogP contribution in [0.5, 0.6) is 0 Å². The van der Waals surface area contributed by atoms with Crippen molar-refractivity contribution >= 4 is 5.91 Å². The molecule has 0 saturated carbocycles. The highest BCUT2D eigenvalue weighted by Gasteiger charge is 2.05. The van der Waals surface area contributed by atoms with E-state index in [4.69, 9.17) is 0 Å². The van der Waals surface area contributed by atoms with E-state index in [0.29, 0.717) is 13.0 Å². The smallest absolute Gasteiger partial charge is 0.220 e. The number of amides is 1. The molecule has 0 aliphatic carbocycles. The van der Waals surface area contributed by atoms with Crippen LogP contribution in [0.15, 0.2) is 12.1 Å². The summed E-state index contributed by atoms with van der Waals surface area (Å²) in [4.78, 5) is 12.0. The third-order valence-corrected chi connectivity index (χ3v) is 5.44. The van der Waals surface area contributed by atoms with Crippen molar-refractivity contribution in [1.82, 2.24) is 5.32 Å². The summed E-state index contributed by atoms with van der Waals surface area (Å²) in [6.45, 7) is 9.31. The number of rotatable bonds is 14. The largest absolute Gasteiger partial charge is 0.352 e. The molecule has 0 spiro atoms. The van der Waals surface area contributed by atoms with Crippen molar-refractivity contribution in [2.45, 2.75) is 111 Å². The number of hydrogen-bond donors (Lipinski definition) is 1. The van der Waals surface area contributed by atoms with Gasteiger partial charge < -0.3 is 5.32 Å². The maximum Gasteiger partial charge on any atom is 0.220 e. The Balaban J connectivity index is 2.01. The summed E-state index contributed by atoms with van der Waals surface area (Å²) < 4.78 is 0. The first-order valence-corrected chi connectivity index (χ1v) is 10.9. The van der Waals surface area contributed by atoms with Crippen molar-refractivity contribution in [1.29, 1.82) is 0 Å². The van der Waals surface area contributed by atoms with Crippen LogP contribution in [0.3, 0.4) is 0 Å². The molecule has 1 N–H and O–H groups in total. The quantitative estimate of drug-likeness (QED) is 0.358. The average Bonchev–Trinajstić information content (AvgIpc) is 2.61. The number of benzene rings is 1. The molecule has 0 saturated heterocycles. The topological polar surface area (TPSA) is 29.1 Å². The van der Waals surface area contributed by atoms with Crippen LogP contribution in [0.2, 0.25) is 0 Å². The van der Waals surface area contributed by atoms with E-state index in [1.165, 1.54) is 86.5 Å². The molecule has 0 heterocycles. The van der Waals surface area contributed by atoms with Gasteiger partial charge in [0, 0.05) is 13.0 Å². The summed E-state index contributed by atoms with van der Waals surface area (Å²) in [6.07, 6.45) is 15.2. The normalized spacial score (nSPS) is 10.9. The number of carbonyl (C=O) groups excluding carboxylic acids is 1. The van der Waals surface area contributed by atoms with Crippen LogP contribution >= 0.6 is 0 Å². The van der Waals surface area contributed by atoms with Crippen molar-refractivity contribution in [3.05, 3.63) is 34.4 Å². The molecule has 2 nitrogen and oxygen atoms in total. The SMILES string of the molecule is CCCCCCCCCCCCCC(=O)NCc1cc(C)c(C)cc1C. The monoisotopic (exact) mass is 359 g/mol. The van der Waals surface area contributed by atoms with Gasteiger partial charge in [-0.15, -0.1) is 0 Å². The molecule has 0 aliphatic rings. The van der Waals surface area contributed by atoms with Crippen LogP contribution in [0.1, 0.15) is 106 Å². The second-order valence-corrected chi connectivity index (χ2v) is 7.93. The first kappa shape index (κ1) is 22.7. The Labute approximate surface area is 162 Å². The Morgan fingerprint density at radius 3 is 1.81 bits per heavy atom. The van der Waals surface area contributed by atoms with E-state index >= 15 is 0 Å². The van der Waals surface area contributed by atoms with Gasteiger partial charge in [-0.3, -0.25) is 4.79 Å². The van der Waals surface area contributed by atoms with Crippen molar-refractivity contribution in [3.8, 4) is 0 Å². The zero-order valence-electron chi connectivity index (χ0n) is 17.8. The summed E-state index contributed by atoms with van der Waals surface area (Å²) in [5.74, 6) is 0.193. The van der Waals surface area contributed by atoms with Gasteiger partial charge in [0.2, 0.25) is 5.91 Å². The lowest BCUT2D eigenvalue weighted by Crippen LogP contribution is -2.22. The highest BCUT2D eigenvalue weighted by molar-refractivity contribution is 5.75. The highest BCUT2D eigenvalue weighted by atomic mass is 16.1. The van der Waals surface area contributed by atoms with Crippen LogP contribution in [0.25, 0.3) is 0 Å². The second-order valence-electron chi connectivity index (χ2n) is 7.93. The van der Waals surface area contributed by atoms with Gasteiger partial charge in [0.1, 0.15) is 0 Å². The minimum absolute atomic E-state index is 0.193. The molecule has 1 aromatic rings. The van der Waals surface area contributed by atoms with Crippen LogP contribution < -0.4 is 5.32 Å². The molecule has 0 radical (unpaired) electrons. The Hall–Kier alpha value is -1.31. The summed E-state index contributed by atoms with van der Waals surface area (Å²) >= 11 is 0. The Morgan fingerprint density at radius 2 is 1.23 bits per heavy atom. The van der Waals surface area contributed by atoms with Gasteiger partial charge in [-0.25, -0.2) is 0 Å². The maximum atomic E-state index is 12.0. The molecule has 0 bridgehead atoms. The van der Waals surface area contributed by atoms with E-state index in [1.807, 2.05) is 0 Å². The van der Waals surface area contributed by atoms with Crippen molar-refractivity contribution < 1.29 is 4.79 Å². The molecule has 0 aromatic heterocycles. The lowest BCUT2D eigenvalue weighted by atomic mass is 10.0. The third kappa shape index (κ3) is 9.99. The minimum Gasteiger partial charge on any atom is -0.352 e. The molecule has 26 heavy (non-hydrogen) atoms. The third-order valence-electron chi connectivity index (χ3n) is 5.44. The van der Waals surface area contributed by atoms with Gasteiger partial charge >= 0.3 is 0 Å². The summed E-state index contributed by atoms with van der Waals surface area (Å²) in [7, 11) is 0. The maximum absolute atomic E-state index is 12.0. The zero-order chi connectivity index (χ0) is 19.2. The molecule has 0 fully saturated rings. The second kappa shape index (κ2) is 13.8. The molecule has 0 aliphatic heterocycles. The average molecular weight is 360 g/mol. The number of aryl methyl sites for hydroxylation is 3. The molecular weight excluding hydrogens is 318 g/mol. The highest BCUT2D eigenvalue weighted by Crippen LogP contribution is 2.15. The number of hydrogen-bond acceptors (Lipinski definition) is 1. The molecule has 0 atom stereocenters. The van der Waals surface area contributed by atoms with Crippen LogP contribution in [-0.2, 0) is 11.3 Å². The van der Waals surface area contributed by atoms with Gasteiger partial charge in [-0.2, -0.15) is 0 Å². The summed E-state index contributed by atoms with van der Waals surface area (Å²) in [5, 5.41) is 3.08. The first-order chi connectivity index (χ1) is 12.5. The van der Waals surface area contributed by atoms with Crippen LogP contribution in [0, 0.1) is 20.8 Å². The van der Waals surface area contributed by atoms with E-state index in [2.05, 4.69) is 45.1 Å². The van der Waals surface area contributed by atoms with Crippen molar-refractivity contribution in [2.24, 2.45) is 0 Å². The fraction of sp³-hybridized carbons (Fsp3) is 0.708. The number of nitrogens with one attached hydrogen (secondary N) is 1. The Morgan fingerprint density at radius 1 is 0.731 bits per heavy atom. The van der Waals surface area contributed by atoms with E-state index < -0.39 is 0 Å². The molecule has 1 rings (SSSR count). The van der Waals surface area contributed by atoms with Gasteiger partial charge in [0.05, 0.1) is 0 Å². The molecule has 2 heteroatoms. The van der Waals surface area contributed by atoms with Gasteiger partial charge in [0.25, 0.3) is 0 Å². The van der Waals surface area contributed by atoms with E-state index in [-0.39, 0.29) is 5.91 Å². The number of carbonyl (C=O) groups is 1. The van der Waals surface area contributed by atoms with E-state index in [0.717, 1.165) is 6.42 Å². The summed E-state index contributed by atoms with van der Waals surface area (Å²) in [5.41, 5.74) is 5.12. The molecular formula is C24H41NO. The van der Waals surface area contributed by atoms with Crippen molar-refractivity contribution in [2.75, 3.05) is 0 Å². The standard InChI is InChI=1S/C24H41NO/c1-5-6-7-8-9-10-11-12-13-14-15-16-24(26)25-19-23-18-21(3)20(2)17-22(23)4/h17-18H,5-16,19H2,1-4H3,(H,25,26). The van der Waals surface area contributed by atoms with Crippen LogP contribution in [-0.4, -0.2) is 5.91 Å². The van der Waals surface area contributed by atoms with E-state index in [1.54, 1.807) is 0 Å². The van der Waals surface area contributed by atoms with Crippen molar-refractivity contribution in [3.63, 3.8) is 0 Å². The van der Waals surface area contributed by atoms with E-state index in [9.17, 15) is 4.79 Å². The molecule has 0 unspecified atom stereocenters. The predicted molar refractivity (Wildman–Crippen MR) is 114 cm³/mol. The summed E-state index contributed by atoms with van der Waals surface area (Å²) in [6, 6.07) is 4.41. The Kier molecular flexibility index (Phi) is 12.1. The van der Waals surface area contributed by atoms with Gasteiger partial charge in [-0.1, -0.05) is 83.3 Å². The lowest BCUT2D eigenvalue weighted by molar-refractivity contribution is -0.121. The lowest BCUT2D eigenvalue weighted by Gasteiger charge is -2.11.